The first-order chi connectivity index (χ1) is 10.9. The topological polar surface area (TPSA) is 99.7 Å². The summed E-state index contributed by atoms with van der Waals surface area (Å²) in [6.07, 6.45) is -0.524. The van der Waals surface area contributed by atoms with E-state index in [-0.39, 0.29) is 5.69 Å². The number of nitrogens with zero attached hydrogens (tertiary/aromatic N) is 3. The fraction of sp³-hybridized carbons (Fsp3) is 0.688. The Labute approximate surface area is 142 Å². The van der Waals surface area contributed by atoms with E-state index >= 15 is 0 Å². The summed E-state index contributed by atoms with van der Waals surface area (Å²) in [5, 5.41) is 4.17. The predicted octanol–water partition coefficient (Wildman–Crippen LogP) is 2.17. The van der Waals surface area contributed by atoms with Crippen LogP contribution in [0.3, 0.4) is 0 Å². The molecule has 0 saturated heterocycles. The number of methoxy groups -OCH3 is 1. The maximum atomic E-state index is 12.7. The lowest BCUT2D eigenvalue weighted by atomic mass is 10.1. The number of amides is 2. The van der Waals surface area contributed by atoms with Gasteiger partial charge in [-0.05, 0) is 41.5 Å². The molecule has 24 heavy (non-hydrogen) atoms. The van der Waals surface area contributed by atoms with Gasteiger partial charge in [0.2, 0.25) is 0 Å². The van der Waals surface area contributed by atoms with E-state index < -0.39 is 23.1 Å². The first kappa shape index (κ1) is 20.0. The van der Waals surface area contributed by atoms with Crippen molar-refractivity contribution in [3.05, 3.63) is 11.8 Å². The molecule has 0 aromatic carbocycles. The van der Waals surface area contributed by atoms with E-state index in [9.17, 15) is 9.59 Å². The molecule has 0 aliphatic carbocycles. The SMILES string of the molecule is COCCn1nc(C(N)=O)cc1N(C(=O)OC(C)(C)C)C(C)(C)C. The fourth-order valence-electron chi connectivity index (χ4n) is 2.07. The zero-order valence-electron chi connectivity index (χ0n) is 15.5. The molecule has 1 rings (SSSR count). The van der Waals surface area contributed by atoms with Gasteiger partial charge in [-0.3, -0.25) is 9.69 Å². The van der Waals surface area contributed by atoms with Crippen molar-refractivity contribution in [2.75, 3.05) is 18.6 Å². The number of carbonyl (C=O) groups is 2. The molecule has 2 N–H and O–H groups in total. The van der Waals surface area contributed by atoms with Crippen LogP contribution in [-0.4, -0.2) is 46.6 Å². The van der Waals surface area contributed by atoms with Crippen LogP contribution in [0.25, 0.3) is 0 Å². The number of aromatic nitrogens is 2. The van der Waals surface area contributed by atoms with Crippen molar-refractivity contribution < 1.29 is 19.1 Å². The second-order valence-corrected chi connectivity index (χ2v) is 7.45. The van der Waals surface area contributed by atoms with Crippen LogP contribution in [0.5, 0.6) is 0 Å². The lowest BCUT2D eigenvalue weighted by Gasteiger charge is -2.36. The van der Waals surface area contributed by atoms with Crippen LogP contribution in [0.2, 0.25) is 0 Å². The summed E-state index contributed by atoms with van der Waals surface area (Å²) in [4.78, 5) is 25.7. The summed E-state index contributed by atoms with van der Waals surface area (Å²) in [5.74, 6) is -0.229. The van der Waals surface area contributed by atoms with Crippen LogP contribution in [0, 0.1) is 0 Å². The van der Waals surface area contributed by atoms with Crippen molar-refractivity contribution in [1.82, 2.24) is 9.78 Å². The molecular formula is C16H28N4O4. The monoisotopic (exact) mass is 340 g/mol. The molecule has 1 aromatic heterocycles. The molecule has 0 radical (unpaired) electrons. The van der Waals surface area contributed by atoms with E-state index in [2.05, 4.69) is 5.10 Å². The normalized spacial score (nSPS) is 12.1. The van der Waals surface area contributed by atoms with Gasteiger partial charge < -0.3 is 15.2 Å². The van der Waals surface area contributed by atoms with Crippen molar-refractivity contribution in [1.29, 1.82) is 0 Å². The molecule has 0 aliphatic heterocycles. The second-order valence-electron chi connectivity index (χ2n) is 7.45. The Morgan fingerprint density at radius 1 is 1.25 bits per heavy atom. The highest BCUT2D eigenvalue weighted by molar-refractivity contribution is 5.94. The standard InChI is InChI=1S/C16H28N4O4/c1-15(2,3)20(14(22)24-16(4,5)6)12-10-11(13(17)21)18-19(12)8-9-23-7/h10H,8-9H2,1-7H3,(H2,17,21). The molecule has 0 aliphatic rings. The molecule has 1 aromatic rings. The first-order valence-corrected chi connectivity index (χ1v) is 7.76. The minimum atomic E-state index is -0.662. The van der Waals surface area contributed by atoms with Gasteiger partial charge in [-0.1, -0.05) is 0 Å². The number of hydrogen-bond acceptors (Lipinski definition) is 5. The molecule has 0 fully saturated rings. The molecule has 0 spiro atoms. The maximum Gasteiger partial charge on any atom is 0.416 e. The van der Waals surface area contributed by atoms with Gasteiger partial charge in [0.1, 0.15) is 11.4 Å². The smallest absolute Gasteiger partial charge is 0.416 e. The maximum absolute atomic E-state index is 12.7. The Kier molecular flexibility index (Phi) is 5.99. The quantitative estimate of drug-likeness (QED) is 0.885. The van der Waals surface area contributed by atoms with Gasteiger partial charge in [0.25, 0.3) is 5.91 Å². The highest BCUT2D eigenvalue weighted by Crippen LogP contribution is 2.27. The predicted molar refractivity (Wildman–Crippen MR) is 91.1 cm³/mol. The Morgan fingerprint density at radius 3 is 2.25 bits per heavy atom. The fourth-order valence-corrected chi connectivity index (χ4v) is 2.07. The molecule has 2 amide bonds. The zero-order chi connectivity index (χ0) is 18.7. The van der Waals surface area contributed by atoms with E-state index in [1.807, 2.05) is 20.8 Å². The van der Waals surface area contributed by atoms with E-state index in [0.717, 1.165) is 0 Å². The van der Waals surface area contributed by atoms with Crippen molar-refractivity contribution in [2.45, 2.75) is 59.2 Å². The average molecular weight is 340 g/mol. The van der Waals surface area contributed by atoms with Crippen molar-refractivity contribution in [3.8, 4) is 0 Å². The number of primary amides is 1. The highest BCUT2D eigenvalue weighted by Gasteiger charge is 2.35. The van der Waals surface area contributed by atoms with Gasteiger partial charge in [0, 0.05) is 18.7 Å². The first-order valence-electron chi connectivity index (χ1n) is 7.76. The van der Waals surface area contributed by atoms with E-state index in [4.69, 9.17) is 15.2 Å². The summed E-state index contributed by atoms with van der Waals surface area (Å²) >= 11 is 0. The second kappa shape index (κ2) is 7.21. The van der Waals surface area contributed by atoms with Crippen LogP contribution >= 0.6 is 0 Å². The summed E-state index contributed by atoms with van der Waals surface area (Å²) in [6.45, 7) is 11.7. The average Bonchev–Trinajstić information content (AvgIpc) is 2.76. The molecule has 0 unspecified atom stereocenters. The van der Waals surface area contributed by atoms with Crippen LogP contribution in [-0.2, 0) is 16.0 Å². The molecule has 1 heterocycles. The van der Waals surface area contributed by atoms with Crippen molar-refractivity contribution >= 4 is 17.8 Å². The number of rotatable bonds is 5. The molecule has 0 atom stereocenters. The van der Waals surface area contributed by atoms with Gasteiger partial charge in [-0.2, -0.15) is 5.10 Å². The number of carbonyl (C=O) groups excluding carboxylic acids is 2. The summed E-state index contributed by atoms with van der Waals surface area (Å²) in [5.41, 5.74) is 4.17. The summed E-state index contributed by atoms with van der Waals surface area (Å²) < 4.78 is 12.1. The van der Waals surface area contributed by atoms with Gasteiger partial charge in [-0.15, -0.1) is 0 Å². The third-order valence-electron chi connectivity index (χ3n) is 2.99. The van der Waals surface area contributed by atoms with Crippen molar-refractivity contribution in [2.24, 2.45) is 5.73 Å². The van der Waals surface area contributed by atoms with E-state index in [1.54, 1.807) is 27.9 Å². The highest BCUT2D eigenvalue weighted by atomic mass is 16.6. The lowest BCUT2D eigenvalue weighted by molar-refractivity contribution is 0.0546. The Morgan fingerprint density at radius 2 is 1.83 bits per heavy atom. The zero-order valence-corrected chi connectivity index (χ0v) is 15.5. The number of nitrogens with two attached hydrogens (primary N) is 1. The van der Waals surface area contributed by atoms with Gasteiger partial charge in [0.15, 0.2) is 5.69 Å². The number of hydrogen-bond donors (Lipinski definition) is 1. The molecular weight excluding hydrogens is 312 g/mol. The van der Waals surface area contributed by atoms with Crippen LogP contribution < -0.4 is 10.6 Å². The Hall–Kier alpha value is -2.09. The number of ether oxygens (including phenoxy) is 2. The third kappa shape index (κ3) is 5.23. The largest absolute Gasteiger partial charge is 0.443 e. The van der Waals surface area contributed by atoms with Crippen molar-refractivity contribution in [3.63, 3.8) is 0 Å². The van der Waals surface area contributed by atoms with Gasteiger partial charge >= 0.3 is 6.09 Å². The van der Waals surface area contributed by atoms with Gasteiger partial charge in [0.05, 0.1) is 13.2 Å². The Balaban J connectivity index is 3.36. The molecule has 8 nitrogen and oxygen atoms in total. The van der Waals surface area contributed by atoms with E-state index in [1.165, 1.54) is 15.6 Å². The summed E-state index contributed by atoms with van der Waals surface area (Å²) in [6, 6.07) is 1.49. The van der Waals surface area contributed by atoms with Crippen LogP contribution in [0.1, 0.15) is 52.0 Å². The molecule has 0 saturated carbocycles. The van der Waals surface area contributed by atoms with Crippen LogP contribution in [0.15, 0.2) is 6.07 Å². The van der Waals surface area contributed by atoms with Gasteiger partial charge in [-0.25, -0.2) is 9.48 Å². The third-order valence-corrected chi connectivity index (χ3v) is 2.99. The molecule has 0 bridgehead atoms. The summed E-state index contributed by atoms with van der Waals surface area (Å²) in [7, 11) is 1.56. The minimum absolute atomic E-state index is 0.0823. The number of anilines is 1. The Bertz CT molecular complexity index is 596. The van der Waals surface area contributed by atoms with E-state index in [0.29, 0.717) is 19.0 Å². The molecule has 8 heteroatoms. The minimum Gasteiger partial charge on any atom is -0.443 e. The molecule has 136 valence electrons. The van der Waals surface area contributed by atoms with Crippen LogP contribution in [0.4, 0.5) is 10.6 Å². The lowest BCUT2D eigenvalue weighted by Crippen LogP contribution is -2.49.